The highest BCUT2D eigenvalue weighted by Gasteiger charge is 2.27. The van der Waals surface area contributed by atoms with Crippen molar-refractivity contribution in [2.45, 2.75) is 19.4 Å². The third-order valence-corrected chi connectivity index (χ3v) is 6.03. The quantitative estimate of drug-likeness (QED) is 0.757. The van der Waals surface area contributed by atoms with Gasteiger partial charge in [0, 0.05) is 11.9 Å². The fraction of sp³-hybridized carbons (Fsp3) is 0.250. The van der Waals surface area contributed by atoms with Crippen LogP contribution in [0.25, 0.3) is 15.9 Å². The average molecular weight is 359 g/mol. The van der Waals surface area contributed by atoms with E-state index in [9.17, 15) is 14.4 Å². The first kappa shape index (κ1) is 15.3. The standard InChI is InChI=1S/C16H13N3O3S2/c1-8-3-2-5-19-12(8)18-14-9(15(19)21)7-11(24-14)13(20)17-10-4-6-23-16(10)22/h2-3,5,7,10H,4,6H2,1H3,(H,17,20)/t10-/m1/s1. The second kappa shape index (κ2) is 5.71. The van der Waals surface area contributed by atoms with E-state index in [0.717, 1.165) is 11.3 Å². The molecule has 3 aromatic heterocycles. The van der Waals surface area contributed by atoms with Gasteiger partial charge in [-0.3, -0.25) is 18.8 Å². The highest BCUT2D eigenvalue weighted by atomic mass is 32.2. The predicted octanol–water partition coefficient (Wildman–Crippen LogP) is 1.98. The Morgan fingerprint density at radius 2 is 2.25 bits per heavy atom. The van der Waals surface area contributed by atoms with E-state index in [1.54, 1.807) is 18.3 Å². The van der Waals surface area contributed by atoms with Gasteiger partial charge in [0.05, 0.1) is 16.3 Å². The Bertz CT molecular complexity index is 1050. The molecule has 0 spiro atoms. The molecule has 6 nitrogen and oxygen atoms in total. The van der Waals surface area contributed by atoms with E-state index in [0.29, 0.717) is 27.2 Å². The van der Waals surface area contributed by atoms with Gasteiger partial charge in [-0.05, 0) is 31.0 Å². The van der Waals surface area contributed by atoms with Crippen LogP contribution in [0.3, 0.4) is 0 Å². The number of pyridine rings is 1. The van der Waals surface area contributed by atoms with Crippen molar-refractivity contribution in [3.05, 3.63) is 45.2 Å². The molecule has 1 saturated heterocycles. The van der Waals surface area contributed by atoms with E-state index in [2.05, 4.69) is 10.3 Å². The van der Waals surface area contributed by atoms with E-state index < -0.39 is 6.04 Å². The number of hydrogen-bond acceptors (Lipinski definition) is 6. The lowest BCUT2D eigenvalue weighted by atomic mass is 10.2. The average Bonchev–Trinajstić information content (AvgIpc) is 3.16. The summed E-state index contributed by atoms with van der Waals surface area (Å²) < 4.78 is 1.49. The summed E-state index contributed by atoms with van der Waals surface area (Å²) in [6, 6.07) is 4.80. The van der Waals surface area contributed by atoms with E-state index in [1.165, 1.54) is 27.5 Å². The number of carbonyl (C=O) groups is 2. The van der Waals surface area contributed by atoms with Gasteiger partial charge in [0.25, 0.3) is 11.5 Å². The molecule has 1 amide bonds. The highest BCUT2D eigenvalue weighted by molar-refractivity contribution is 8.14. The normalized spacial score (nSPS) is 17.7. The Labute approximate surface area is 144 Å². The minimum Gasteiger partial charge on any atom is -0.341 e. The number of aryl methyl sites for hydroxylation is 1. The first-order valence-electron chi connectivity index (χ1n) is 7.43. The molecule has 1 aliphatic heterocycles. The van der Waals surface area contributed by atoms with Gasteiger partial charge >= 0.3 is 0 Å². The third-order valence-electron chi connectivity index (χ3n) is 4.00. The molecule has 1 aliphatic rings. The van der Waals surface area contributed by atoms with Crippen LogP contribution in [0.1, 0.15) is 21.7 Å². The summed E-state index contributed by atoms with van der Waals surface area (Å²) in [5.41, 5.74) is 1.29. The van der Waals surface area contributed by atoms with Crippen LogP contribution < -0.4 is 10.9 Å². The molecule has 1 N–H and O–H groups in total. The topological polar surface area (TPSA) is 80.5 Å². The molecule has 4 heterocycles. The number of amides is 1. The monoisotopic (exact) mass is 359 g/mol. The van der Waals surface area contributed by atoms with Gasteiger partial charge in [-0.1, -0.05) is 17.8 Å². The summed E-state index contributed by atoms with van der Waals surface area (Å²) in [7, 11) is 0. The third kappa shape index (κ3) is 2.42. The molecular weight excluding hydrogens is 346 g/mol. The van der Waals surface area contributed by atoms with Crippen LogP contribution >= 0.6 is 23.1 Å². The van der Waals surface area contributed by atoms with Crippen molar-refractivity contribution in [3.8, 4) is 0 Å². The number of nitrogens with one attached hydrogen (secondary N) is 1. The van der Waals surface area contributed by atoms with Crippen LogP contribution in [0.2, 0.25) is 0 Å². The van der Waals surface area contributed by atoms with E-state index in [1.807, 2.05) is 13.0 Å². The van der Waals surface area contributed by atoms with E-state index in [4.69, 9.17) is 0 Å². The molecule has 3 aromatic rings. The fourth-order valence-corrected chi connectivity index (χ4v) is 4.58. The number of fused-ring (bicyclic) bond motifs is 2. The highest BCUT2D eigenvalue weighted by Crippen LogP contribution is 2.24. The van der Waals surface area contributed by atoms with Crippen molar-refractivity contribution in [1.82, 2.24) is 14.7 Å². The first-order valence-corrected chi connectivity index (χ1v) is 9.24. The molecule has 4 rings (SSSR count). The SMILES string of the molecule is Cc1cccn2c(=O)c3cc(C(=O)N[C@@H]4CCSC4=O)sc3nc12. The maximum Gasteiger partial charge on any atom is 0.266 e. The number of hydrogen-bond donors (Lipinski definition) is 1. The molecule has 0 radical (unpaired) electrons. The van der Waals surface area contributed by atoms with Gasteiger partial charge in [0.2, 0.25) is 5.12 Å². The maximum absolute atomic E-state index is 12.6. The molecular formula is C16H13N3O3S2. The Balaban J connectivity index is 1.78. The zero-order valence-electron chi connectivity index (χ0n) is 12.7. The van der Waals surface area contributed by atoms with E-state index >= 15 is 0 Å². The van der Waals surface area contributed by atoms with Gasteiger partial charge < -0.3 is 5.32 Å². The van der Waals surface area contributed by atoms with Gasteiger partial charge in [-0.2, -0.15) is 0 Å². The van der Waals surface area contributed by atoms with Crippen molar-refractivity contribution >= 4 is 50.0 Å². The predicted molar refractivity (Wildman–Crippen MR) is 94.9 cm³/mol. The van der Waals surface area contributed by atoms with Crippen LogP contribution in [0.5, 0.6) is 0 Å². The zero-order chi connectivity index (χ0) is 16.8. The lowest BCUT2D eigenvalue weighted by Gasteiger charge is -2.08. The molecule has 8 heteroatoms. The van der Waals surface area contributed by atoms with Crippen LogP contribution in [-0.4, -0.2) is 32.2 Å². The summed E-state index contributed by atoms with van der Waals surface area (Å²) in [6.07, 6.45) is 2.31. The van der Waals surface area contributed by atoms with Crippen LogP contribution in [-0.2, 0) is 4.79 Å². The molecule has 0 saturated carbocycles. The molecule has 1 atom stereocenters. The van der Waals surface area contributed by atoms with Gasteiger partial charge in [-0.25, -0.2) is 4.98 Å². The minimum atomic E-state index is -0.442. The summed E-state index contributed by atoms with van der Waals surface area (Å²) in [4.78, 5) is 42.1. The second-order valence-corrected chi connectivity index (χ2v) is 7.74. The Morgan fingerprint density at radius 1 is 1.42 bits per heavy atom. The number of aromatic nitrogens is 2. The van der Waals surface area contributed by atoms with Crippen molar-refractivity contribution in [3.63, 3.8) is 0 Å². The van der Waals surface area contributed by atoms with Crippen LogP contribution in [0.4, 0.5) is 0 Å². The molecule has 1 fully saturated rings. The Hall–Kier alpha value is -2.19. The van der Waals surface area contributed by atoms with Crippen molar-refractivity contribution in [2.75, 3.05) is 5.75 Å². The van der Waals surface area contributed by atoms with Crippen molar-refractivity contribution in [2.24, 2.45) is 0 Å². The number of rotatable bonds is 2. The lowest BCUT2D eigenvalue weighted by molar-refractivity contribution is -0.112. The Morgan fingerprint density at radius 3 is 3.00 bits per heavy atom. The number of nitrogens with zero attached hydrogens (tertiary/aromatic N) is 2. The maximum atomic E-state index is 12.6. The van der Waals surface area contributed by atoms with Gasteiger partial charge in [0.1, 0.15) is 10.5 Å². The molecule has 0 aromatic carbocycles. The zero-order valence-corrected chi connectivity index (χ0v) is 14.4. The van der Waals surface area contributed by atoms with E-state index in [-0.39, 0.29) is 16.6 Å². The number of carbonyl (C=O) groups excluding carboxylic acids is 2. The summed E-state index contributed by atoms with van der Waals surface area (Å²) >= 11 is 2.41. The van der Waals surface area contributed by atoms with Gasteiger partial charge in [-0.15, -0.1) is 11.3 Å². The Kier molecular flexibility index (Phi) is 3.65. The molecule has 24 heavy (non-hydrogen) atoms. The van der Waals surface area contributed by atoms with Crippen molar-refractivity contribution in [1.29, 1.82) is 0 Å². The molecule has 0 bridgehead atoms. The smallest absolute Gasteiger partial charge is 0.266 e. The van der Waals surface area contributed by atoms with Crippen LogP contribution in [0.15, 0.2) is 29.2 Å². The van der Waals surface area contributed by atoms with Crippen LogP contribution in [0, 0.1) is 6.92 Å². The molecule has 122 valence electrons. The lowest BCUT2D eigenvalue weighted by Crippen LogP contribution is -2.36. The van der Waals surface area contributed by atoms with Crippen molar-refractivity contribution < 1.29 is 9.59 Å². The molecule has 0 aliphatic carbocycles. The summed E-state index contributed by atoms with van der Waals surface area (Å²) in [6.45, 7) is 1.89. The minimum absolute atomic E-state index is 0.0102. The summed E-state index contributed by atoms with van der Waals surface area (Å²) in [5.74, 6) is 0.396. The largest absolute Gasteiger partial charge is 0.341 e. The first-order chi connectivity index (χ1) is 11.5. The second-order valence-electron chi connectivity index (χ2n) is 5.61. The number of thioether (sulfide) groups is 1. The summed E-state index contributed by atoms with van der Waals surface area (Å²) in [5, 5.41) is 3.15. The van der Waals surface area contributed by atoms with Gasteiger partial charge in [0.15, 0.2) is 0 Å². The fourth-order valence-electron chi connectivity index (χ4n) is 2.73. The number of thiophene rings is 1. The molecule has 0 unspecified atom stereocenters.